The number of ketones is 11. The number of carbonyl (C=O) groups is 11. The summed E-state index contributed by atoms with van der Waals surface area (Å²) in [5.41, 5.74) is 0. The second-order valence-electron chi connectivity index (χ2n) is 12.9. The van der Waals surface area contributed by atoms with Crippen LogP contribution in [0.3, 0.4) is 0 Å². The zero-order chi connectivity index (χ0) is 34.8. The van der Waals surface area contributed by atoms with Gasteiger partial charge in [0, 0.05) is 140 Å². The van der Waals surface area contributed by atoms with Gasteiger partial charge in [-0.25, -0.2) is 0 Å². The van der Waals surface area contributed by atoms with E-state index in [1.807, 2.05) is 0 Å². The molecule has 0 aromatic carbocycles. The number of rotatable bonds is 0. The largest absolute Gasteiger partial charge is 0.300 e. The number of hydrogen-bond donors (Lipinski definition) is 0. The Morgan fingerprint density at radius 3 is 0.553 bits per heavy atom. The van der Waals surface area contributed by atoms with Crippen LogP contribution in [0.2, 0.25) is 0 Å². The molecule has 2 aliphatic rings. The van der Waals surface area contributed by atoms with Gasteiger partial charge >= 0.3 is 0 Å². The zero-order valence-corrected chi connectivity index (χ0v) is 27.4. The van der Waals surface area contributed by atoms with Gasteiger partial charge in [0.1, 0.15) is 63.6 Å². The molecular weight excluding hydrogens is 608 g/mol. The SMILES string of the molecule is O=C1CCC(=O)CCC(=O)CCC(=O)CCC(=O)CCC(=O)C2CCCC2C(=O)CCC(=O)CCC(=O)CCC(=O)CCC(=O)CC1. The second-order valence-corrected chi connectivity index (χ2v) is 12.9. The fourth-order valence-electron chi connectivity index (χ4n) is 5.98. The Morgan fingerprint density at radius 2 is 0.383 bits per heavy atom. The highest BCUT2D eigenvalue weighted by molar-refractivity contribution is 5.96. The van der Waals surface area contributed by atoms with Crippen LogP contribution < -0.4 is 0 Å². The minimum absolute atomic E-state index is 0.0283. The Morgan fingerprint density at radius 1 is 0.234 bits per heavy atom. The summed E-state index contributed by atoms with van der Waals surface area (Å²) in [5.74, 6) is -3.77. The van der Waals surface area contributed by atoms with Crippen LogP contribution in [0.5, 0.6) is 0 Å². The summed E-state index contributed by atoms with van der Waals surface area (Å²) >= 11 is 0. The van der Waals surface area contributed by atoms with Crippen LogP contribution in [-0.4, -0.2) is 63.6 Å². The van der Waals surface area contributed by atoms with E-state index in [-0.39, 0.29) is 192 Å². The minimum Gasteiger partial charge on any atom is -0.300 e. The molecule has 0 radical (unpaired) electrons. The molecule has 2 atom stereocenters. The fraction of sp³-hybridized carbons (Fsp3) is 0.694. The molecule has 47 heavy (non-hydrogen) atoms. The Kier molecular flexibility index (Phi) is 17.9. The van der Waals surface area contributed by atoms with Crippen LogP contribution in [0.1, 0.15) is 148 Å². The van der Waals surface area contributed by atoms with Crippen molar-refractivity contribution >= 4 is 63.6 Å². The molecule has 0 amide bonds. The highest BCUT2D eigenvalue weighted by Crippen LogP contribution is 2.35. The van der Waals surface area contributed by atoms with Crippen LogP contribution in [0.25, 0.3) is 0 Å². The minimum atomic E-state index is -0.502. The summed E-state index contributed by atoms with van der Waals surface area (Å²) < 4.78 is 0. The predicted molar refractivity (Wildman–Crippen MR) is 168 cm³/mol. The summed E-state index contributed by atoms with van der Waals surface area (Å²) in [4.78, 5) is 136. The average Bonchev–Trinajstić information content (AvgIpc) is 3.55. The lowest BCUT2D eigenvalue weighted by Crippen LogP contribution is -2.26. The molecule has 0 spiro atoms. The van der Waals surface area contributed by atoms with Gasteiger partial charge in [-0.05, 0) is 12.8 Å². The van der Waals surface area contributed by atoms with Crippen molar-refractivity contribution in [3.8, 4) is 0 Å². The first-order chi connectivity index (χ1) is 22.3. The monoisotopic (exact) mass is 656 g/mol. The van der Waals surface area contributed by atoms with E-state index in [2.05, 4.69) is 0 Å². The Labute approximate surface area is 275 Å². The summed E-state index contributed by atoms with van der Waals surface area (Å²) in [6, 6.07) is 0. The smallest absolute Gasteiger partial charge is 0.137 e. The topological polar surface area (TPSA) is 188 Å². The van der Waals surface area contributed by atoms with Crippen LogP contribution in [0.15, 0.2) is 0 Å². The van der Waals surface area contributed by atoms with Gasteiger partial charge < -0.3 is 0 Å². The van der Waals surface area contributed by atoms with E-state index < -0.39 is 11.8 Å². The quantitative estimate of drug-likeness (QED) is 0.358. The maximum Gasteiger partial charge on any atom is 0.137 e. The van der Waals surface area contributed by atoms with Gasteiger partial charge in [-0.3, -0.25) is 52.7 Å². The molecule has 11 heteroatoms. The lowest BCUT2D eigenvalue weighted by Gasteiger charge is -2.17. The van der Waals surface area contributed by atoms with E-state index in [0.717, 1.165) is 0 Å². The number of carbonyl (C=O) groups excluding carboxylic acids is 11. The van der Waals surface area contributed by atoms with Gasteiger partial charge in [0.05, 0.1) is 0 Å². The van der Waals surface area contributed by atoms with Crippen molar-refractivity contribution in [1.29, 1.82) is 0 Å². The summed E-state index contributed by atoms with van der Waals surface area (Å²) in [5, 5.41) is 0. The van der Waals surface area contributed by atoms with Crippen LogP contribution in [0, 0.1) is 11.8 Å². The first kappa shape index (κ1) is 39.5. The summed E-state index contributed by atoms with van der Waals surface area (Å²) in [7, 11) is 0. The standard InChI is InChI=1S/C36H48O11/c37-24-4-6-25(38)8-10-27(40)12-14-29(42)16-18-31(44)20-22-35(46)33-2-1-3-34(33)36(47)23-21-32(45)19-17-30(43)15-13-28(41)11-9-26(39)7-5-24/h33-34H,1-23H2. The van der Waals surface area contributed by atoms with Gasteiger partial charge in [0.2, 0.25) is 0 Å². The molecule has 0 N–H and O–H groups in total. The maximum atomic E-state index is 12.9. The van der Waals surface area contributed by atoms with Crippen molar-refractivity contribution in [3.05, 3.63) is 0 Å². The van der Waals surface area contributed by atoms with Crippen molar-refractivity contribution in [2.24, 2.45) is 11.8 Å². The van der Waals surface area contributed by atoms with Crippen molar-refractivity contribution in [3.63, 3.8) is 0 Å². The van der Waals surface area contributed by atoms with Crippen LogP contribution >= 0.6 is 0 Å². The van der Waals surface area contributed by atoms with Crippen molar-refractivity contribution in [2.75, 3.05) is 0 Å². The van der Waals surface area contributed by atoms with Gasteiger partial charge in [-0.1, -0.05) is 6.42 Å². The molecular formula is C36H48O11. The zero-order valence-electron chi connectivity index (χ0n) is 27.4. The molecule has 0 heterocycles. The molecule has 2 aliphatic carbocycles. The van der Waals surface area contributed by atoms with E-state index in [9.17, 15) is 52.7 Å². The van der Waals surface area contributed by atoms with Crippen LogP contribution in [-0.2, 0) is 52.7 Å². The molecule has 2 saturated carbocycles. The van der Waals surface area contributed by atoms with E-state index in [1.165, 1.54) is 0 Å². The molecule has 0 saturated heterocycles. The Hall–Kier alpha value is -3.63. The predicted octanol–water partition coefficient (Wildman–Crippen LogP) is 4.48. The number of fused-ring (bicyclic) bond motifs is 1. The summed E-state index contributed by atoms with van der Waals surface area (Å²) in [6.45, 7) is 0. The highest BCUT2D eigenvalue weighted by Gasteiger charge is 2.37. The normalized spacial score (nSPS) is 25.2. The molecule has 2 unspecified atom stereocenters. The average molecular weight is 657 g/mol. The third kappa shape index (κ3) is 16.7. The molecule has 2 rings (SSSR count). The lowest BCUT2D eigenvalue weighted by atomic mass is 9.84. The van der Waals surface area contributed by atoms with Crippen molar-refractivity contribution in [1.82, 2.24) is 0 Å². The van der Waals surface area contributed by atoms with E-state index in [1.54, 1.807) is 0 Å². The molecule has 258 valence electrons. The van der Waals surface area contributed by atoms with Gasteiger partial charge in [0.15, 0.2) is 0 Å². The van der Waals surface area contributed by atoms with E-state index in [4.69, 9.17) is 0 Å². The third-order valence-corrected chi connectivity index (χ3v) is 9.10. The fourth-order valence-corrected chi connectivity index (χ4v) is 5.98. The number of hydrogen-bond acceptors (Lipinski definition) is 11. The molecule has 11 nitrogen and oxygen atoms in total. The molecule has 0 aromatic heterocycles. The first-order valence-electron chi connectivity index (χ1n) is 17.0. The van der Waals surface area contributed by atoms with Crippen LogP contribution in [0.4, 0.5) is 0 Å². The van der Waals surface area contributed by atoms with E-state index in [0.29, 0.717) is 19.3 Å². The Balaban J connectivity index is 1.92. The van der Waals surface area contributed by atoms with Crippen molar-refractivity contribution in [2.45, 2.75) is 148 Å². The molecule has 2 fully saturated rings. The first-order valence-corrected chi connectivity index (χ1v) is 17.0. The number of Topliss-reactive ketones (excluding diaryl/α,β-unsaturated/α-hetero) is 11. The summed E-state index contributed by atoms with van der Waals surface area (Å²) in [6.07, 6.45) is 0.766. The van der Waals surface area contributed by atoms with Gasteiger partial charge in [0.25, 0.3) is 0 Å². The molecule has 0 aliphatic heterocycles. The van der Waals surface area contributed by atoms with Crippen molar-refractivity contribution < 1.29 is 52.7 Å². The molecule has 0 bridgehead atoms. The Bertz CT molecular complexity index is 1150. The van der Waals surface area contributed by atoms with Gasteiger partial charge in [-0.15, -0.1) is 0 Å². The second kappa shape index (κ2) is 21.3. The lowest BCUT2D eigenvalue weighted by molar-refractivity contribution is -0.133. The highest BCUT2D eigenvalue weighted by atomic mass is 16.2. The maximum absolute atomic E-state index is 12.9. The van der Waals surface area contributed by atoms with E-state index >= 15 is 0 Å². The third-order valence-electron chi connectivity index (χ3n) is 9.10. The molecule has 0 aromatic rings. The van der Waals surface area contributed by atoms with Gasteiger partial charge in [-0.2, -0.15) is 0 Å².